The Bertz CT molecular complexity index is 1840. The van der Waals surface area contributed by atoms with E-state index in [1.165, 1.54) is 4.90 Å². The number of alkyl halides is 2. The number of carbonyl (C=O) groups excluding carboxylic acids is 1. The molecule has 1 aromatic carbocycles. The van der Waals surface area contributed by atoms with Gasteiger partial charge in [0.25, 0.3) is 11.8 Å². The van der Waals surface area contributed by atoms with Crippen LogP contribution in [0, 0.1) is 23.1 Å². The van der Waals surface area contributed by atoms with E-state index >= 15 is 0 Å². The number of nitrogens with zero attached hydrogens (tertiary/aromatic N) is 8. The number of pyridine rings is 1. The van der Waals surface area contributed by atoms with Gasteiger partial charge in [-0.3, -0.25) is 14.6 Å². The van der Waals surface area contributed by atoms with Gasteiger partial charge >= 0.3 is 0 Å². The molecule has 1 amide bonds. The molecule has 0 atom stereocenters. The number of fused-ring (bicyclic) bond motifs is 2. The molecule has 1 saturated heterocycles. The lowest BCUT2D eigenvalue weighted by molar-refractivity contribution is -0.128. The van der Waals surface area contributed by atoms with Crippen LogP contribution in [0.2, 0.25) is 0 Å². The number of amides is 1. The van der Waals surface area contributed by atoms with Gasteiger partial charge in [-0.25, -0.2) is 32.8 Å². The van der Waals surface area contributed by atoms with Crippen molar-refractivity contribution in [1.82, 2.24) is 29.6 Å². The molecule has 46 heavy (non-hydrogen) atoms. The molecule has 2 aliphatic heterocycles. The molecule has 0 N–H and O–H groups in total. The van der Waals surface area contributed by atoms with Crippen molar-refractivity contribution in [2.24, 2.45) is 5.92 Å². The van der Waals surface area contributed by atoms with Crippen molar-refractivity contribution in [3.8, 4) is 22.9 Å². The number of hydrogen-bond donors (Lipinski definition) is 0. The molecule has 5 heterocycles. The Morgan fingerprint density at radius 3 is 2.52 bits per heavy atom. The number of carbonyl (C=O) groups is 1. The Morgan fingerprint density at radius 1 is 1.11 bits per heavy atom. The SMILES string of the molecule is CC(C)Cc1nc2c(cnn2C2CCN(C3CC(F)(F)C3)CC2)c(-c2ccc3c(c2)OCC(=O)N3Cc2ncc(F)cn2)c1C#N. The maximum atomic E-state index is 13.5. The molecule has 3 aliphatic rings. The van der Waals surface area contributed by atoms with Gasteiger partial charge < -0.3 is 4.74 Å². The van der Waals surface area contributed by atoms with Crippen LogP contribution in [0.25, 0.3) is 22.2 Å². The molecule has 4 aromatic rings. The number of halogens is 3. The second-order valence-electron chi connectivity index (χ2n) is 12.8. The average molecular weight is 631 g/mol. The summed E-state index contributed by atoms with van der Waals surface area (Å²) in [6.07, 6.45) is 5.85. The first kappa shape index (κ1) is 30.1. The van der Waals surface area contributed by atoms with Crippen molar-refractivity contribution in [2.45, 2.75) is 70.5 Å². The van der Waals surface area contributed by atoms with Crippen molar-refractivity contribution in [3.63, 3.8) is 0 Å². The second kappa shape index (κ2) is 11.7. The zero-order valence-electron chi connectivity index (χ0n) is 25.6. The van der Waals surface area contributed by atoms with Crippen LogP contribution in [-0.2, 0) is 17.8 Å². The van der Waals surface area contributed by atoms with E-state index in [1.54, 1.807) is 12.3 Å². The summed E-state index contributed by atoms with van der Waals surface area (Å²) in [7, 11) is 0. The first-order chi connectivity index (χ1) is 22.1. The zero-order valence-corrected chi connectivity index (χ0v) is 25.6. The summed E-state index contributed by atoms with van der Waals surface area (Å²) in [5.74, 6) is -2.40. The van der Waals surface area contributed by atoms with Crippen molar-refractivity contribution in [2.75, 3.05) is 24.6 Å². The number of piperidine rings is 1. The second-order valence-corrected chi connectivity index (χ2v) is 12.8. The molecule has 2 fully saturated rings. The monoisotopic (exact) mass is 630 g/mol. The quantitative estimate of drug-likeness (QED) is 0.265. The highest BCUT2D eigenvalue weighted by molar-refractivity contribution is 6.00. The van der Waals surface area contributed by atoms with Gasteiger partial charge in [-0.1, -0.05) is 19.9 Å². The predicted molar refractivity (Wildman–Crippen MR) is 163 cm³/mol. The summed E-state index contributed by atoms with van der Waals surface area (Å²) in [6.45, 7) is 5.44. The van der Waals surface area contributed by atoms with E-state index in [2.05, 4.69) is 34.8 Å². The fraction of sp³-hybridized carbons (Fsp3) is 0.455. The van der Waals surface area contributed by atoms with Gasteiger partial charge in [-0.2, -0.15) is 10.4 Å². The number of nitriles is 1. The summed E-state index contributed by atoms with van der Waals surface area (Å²) in [6, 6.07) is 7.82. The minimum Gasteiger partial charge on any atom is -0.482 e. The number of hydrogen-bond acceptors (Lipinski definition) is 8. The molecule has 238 valence electrons. The molecular weight excluding hydrogens is 597 g/mol. The number of benzene rings is 1. The zero-order chi connectivity index (χ0) is 32.2. The van der Waals surface area contributed by atoms with Crippen LogP contribution in [0.15, 0.2) is 36.8 Å². The molecule has 13 heteroatoms. The Morgan fingerprint density at radius 2 is 1.85 bits per heavy atom. The molecule has 0 unspecified atom stereocenters. The van der Waals surface area contributed by atoms with Crippen LogP contribution in [0.1, 0.15) is 62.7 Å². The number of rotatable bonds is 7. The van der Waals surface area contributed by atoms with Gasteiger partial charge in [-0.05, 0) is 42.9 Å². The minimum absolute atomic E-state index is 0.0467. The van der Waals surface area contributed by atoms with E-state index in [1.807, 2.05) is 16.8 Å². The van der Waals surface area contributed by atoms with Crippen molar-refractivity contribution < 1.29 is 22.7 Å². The molecule has 0 radical (unpaired) electrons. The van der Waals surface area contributed by atoms with Crippen LogP contribution in [0.4, 0.5) is 18.9 Å². The fourth-order valence-electron chi connectivity index (χ4n) is 6.81. The van der Waals surface area contributed by atoms with E-state index in [0.717, 1.165) is 49.3 Å². The summed E-state index contributed by atoms with van der Waals surface area (Å²) >= 11 is 0. The fourth-order valence-corrected chi connectivity index (χ4v) is 6.81. The van der Waals surface area contributed by atoms with Crippen molar-refractivity contribution in [3.05, 3.63) is 59.7 Å². The van der Waals surface area contributed by atoms with Crippen LogP contribution in [0.3, 0.4) is 0 Å². The van der Waals surface area contributed by atoms with E-state index in [0.29, 0.717) is 40.3 Å². The van der Waals surface area contributed by atoms with Crippen LogP contribution in [-0.4, -0.2) is 67.2 Å². The van der Waals surface area contributed by atoms with Crippen LogP contribution >= 0.6 is 0 Å². The Kier molecular flexibility index (Phi) is 7.63. The molecule has 0 spiro atoms. The van der Waals surface area contributed by atoms with Gasteiger partial charge in [-0.15, -0.1) is 0 Å². The summed E-state index contributed by atoms with van der Waals surface area (Å²) < 4.78 is 48.2. The van der Waals surface area contributed by atoms with E-state index in [-0.39, 0.29) is 55.7 Å². The number of anilines is 1. The first-order valence-electron chi connectivity index (χ1n) is 15.6. The number of likely N-dealkylation sites (tertiary alicyclic amines) is 1. The normalized spacial score (nSPS) is 18.8. The van der Waals surface area contributed by atoms with E-state index < -0.39 is 11.7 Å². The smallest absolute Gasteiger partial charge is 0.265 e. The van der Waals surface area contributed by atoms with E-state index in [9.17, 15) is 23.2 Å². The highest BCUT2D eigenvalue weighted by Gasteiger charge is 2.48. The van der Waals surface area contributed by atoms with Crippen LogP contribution < -0.4 is 9.64 Å². The topological polar surface area (TPSA) is 113 Å². The lowest BCUT2D eigenvalue weighted by Gasteiger charge is -2.45. The lowest BCUT2D eigenvalue weighted by Crippen LogP contribution is -2.53. The van der Waals surface area contributed by atoms with Gasteiger partial charge in [0.15, 0.2) is 18.1 Å². The maximum absolute atomic E-state index is 13.5. The van der Waals surface area contributed by atoms with Gasteiger partial charge in [0.2, 0.25) is 0 Å². The third-order valence-electron chi connectivity index (χ3n) is 9.13. The predicted octanol–water partition coefficient (Wildman–Crippen LogP) is 5.46. The van der Waals surface area contributed by atoms with Gasteiger partial charge in [0.05, 0.1) is 48.1 Å². The Labute approximate surface area is 263 Å². The lowest BCUT2D eigenvalue weighted by atomic mass is 9.85. The Hall–Kier alpha value is -4.57. The van der Waals surface area contributed by atoms with Crippen molar-refractivity contribution >= 4 is 22.6 Å². The summed E-state index contributed by atoms with van der Waals surface area (Å²) in [5, 5.41) is 15.9. The van der Waals surface area contributed by atoms with Gasteiger partial charge in [0, 0.05) is 42.9 Å². The van der Waals surface area contributed by atoms with Gasteiger partial charge in [0.1, 0.15) is 17.6 Å². The number of ether oxygens (including phenoxy) is 1. The third-order valence-corrected chi connectivity index (χ3v) is 9.13. The molecule has 3 aromatic heterocycles. The molecule has 7 rings (SSSR count). The molecule has 1 saturated carbocycles. The van der Waals surface area contributed by atoms with E-state index in [4.69, 9.17) is 14.8 Å². The highest BCUT2D eigenvalue weighted by Crippen LogP contribution is 2.43. The molecular formula is C33H33F3N8O2. The highest BCUT2D eigenvalue weighted by atomic mass is 19.3. The van der Waals surface area contributed by atoms with Crippen molar-refractivity contribution in [1.29, 1.82) is 5.26 Å². The number of aromatic nitrogens is 5. The summed E-state index contributed by atoms with van der Waals surface area (Å²) in [4.78, 5) is 29.5. The first-order valence-corrected chi connectivity index (χ1v) is 15.6. The standard InChI is InChI=1S/C33H33F3N8O2/c1-19(2)9-26-24(13-37)31(20-3-4-27-28(10-20)46-18-30(45)43(27)17-29-38-14-21(34)15-39-29)25-16-40-44(32(25)41-26)22-5-7-42(8-6-22)23-11-33(35,36)12-23/h3-4,10,14-16,19,22-23H,5-9,11-12,17-18H2,1-2H3. The molecule has 0 bridgehead atoms. The third kappa shape index (κ3) is 5.55. The maximum Gasteiger partial charge on any atom is 0.265 e. The molecule has 1 aliphatic carbocycles. The average Bonchev–Trinajstić information content (AvgIpc) is 3.44. The molecule has 10 nitrogen and oxygen atoms in total. The Balaban J connectivity index is 1.24. The summed E-state index contributed by atoms with van der Waals surface area (Å²) in [5.41, 5.74) is 3.76. The minimum atomic E-state index is -2.54. The largest absolute Gasteiger partial charge is 0.482 e. The van der Waals surface area contributed by atoms with Crippen LogP contribution in [0.5, 0.6) is 5.75 Å².